The molecular weight excluding hydrogens is 415 g/mol. The van der Waals surface area contributed by atoms with Gasteiger partial charge in [0.05, 0.1) is 0 Å². The summed E-state index contributed by atoms with van der Waals surface area (Å²) in [5.41, 5.74) is 0.139. The Hall–Kier alpha value is -2.22. The fourth-order valence-electron chi connectivity index (χ4n) is 3.24. The van der Waals surface area contributed by atoms with Crippen LogP contribution in [0.15, 0.2) is 40.1 Å². The van der Waals surface area contributed by atoms with Crippen LogP contribution >= 0.6 is 15.9 Å². The van der Waals surface area contributed by atoms with Crippen molar-refractivity contribution in [1.82, 2.24) is 19.2 Å². The lowest BCUT2D eigenvalue weighted by Crippen LogP contribution is -2.37. The number of nitrogens with zero attached hydrogens (tertiary/aromatic N) is 4. The van der Waals surface area contributed by atoms with Crippen LogP contribution in [0.25, 0.3) is 0 Å². The van der Waals surface area contributed by atoms with Crippen LogP contribution in [0.4, 0.5) is 4.39 Å². The third-order valence-electron chi connectivity index (χ3n) is 4.64. The average molecular weight is 437 g/mol. The second-order valence-electron chi connectivity index (χ2n) is 6.62. The highest BCUT2D eigenvalue weighted by atomic mass is 79.9. The van der Waals surface area contributed by atoms with Gasteiger partial charge < -0.3 is 4.90 Å². The lowest BCUT2D eigenvalue weighted by atomic mass is 10.2. The van der Waals surface area contributed by atoms with E-state index < -0.39 is 0 Å². The van der Waals surface area contributed by atoms with Gasteiger partial charge in [-0.1, -0.05) is 28.4 Å². The maximum atomic E-state index is 14.1. The normalized spacial score (nSPS) is 13.7. The summed E-state index contributed by atoms with van der Waals surface area (Å²) in [6.45, 7) is 4.50. The average Bonchev–Trinajstić information content (AvgIpc) is 2.81. The molecular formula is C19H22BrFN4O2. The Morgan fingerprint density at radius 2 is 2.19 bits per heavy atom. The molecule has 27 heavy (non-hydrogen) atoms. The molecule has 144 valence electrons. The molecule has 0 saturated heterocycles. The first-order valence-corrected chi connectivity index (χ1v) is 9.78. The molecule has 1 aromatic heterocycles. The number of benzene rings is 1. The number of aryl methyl sites for hydroxylation is 1. The third kappa shape index (κ3) is 4.55. The van der Waals surface area contributed by atoms with Gasteiger partial charge in [-0.25, -0.2) is 13.9 Å². The van der Waals surface area contributed by atoms with E-state index in [1.165, 1.54) is 15.6 Å². The highest BCUT2D eigenvalue weighted by molar-refractivity contribution is 9.10. The van der Waals surface area contributed by atoms with Gasteiger partial charge in [-0.15, -0.1) is 6.58 Å². The molecule has 0 saturated carbocycles. The Kier molecular flexibility index (Phi) is 6.26. The standard InChI is InChI=1S/C19H22BrFN4O2/c1-2-9-23(12-14-11-15(20)7-8-16(14)21)18(26)13-25-19(27)24-10-5-3-4-6-17(24)22-25/h2,7-8,11H,1,3-6,9-10,12-13H2. The summed E-state index contributed by atoms with van der Waals surface area (Å²) in [6, 6.07) is 4.60. The van der Waals surface area contributed by atoms with Crippen LogP contribution in [0.5, 0.6) is 0 Å². The van der Waals surface area contributed by atoms with Gasteiger partial charge in [0.2, 0.25) is 5.91 Å². The molecule has 8 heteroatoms. The van der Waals surface area contributed by atoms with E-state index in [9.17, 15) is 14.0 Å². The SMILES string of the molecule is C=CCN(Cc1cc(Br)ccc1F)C(=O)Cn1nc2n(c1=O)CCCCC2. The summed E-state index contributed by atoms with van der Waals surface area (Å²) >= 11 is 3.32. The zero-order valence-electron chi connectivity index (χ0n) is 15.0. The van der Waals surface area contributed by atoms with Gasteiger partial charge in [-0.05, 0) is 31.0 Å². The topological polar surface area (TPSA) is 60.1 Å². The molecule has 0 spiro atoms. The van der Waals surface area contributed by atoms with Gasteiger partial charge in [0.1, 0.15) is 18.2 Å². The van der Waals surface area contributed by atoms with Crippen molar-refractivity contribution in [3.8, 4) is 0 Å². The van der Waals surface area contributed by atoms with Gasteiger partial charge in [-0.3, -0.25) is 9.36 Å². The molecule has 0 bridgehead atoms. The molecule has 0 atom stereocenters. The molecule has 0 fully saturated rings. The van der Waals surface area contributed by atoms with Crippen molar-refractivity contribution in [2.24, 2.45) is 0 Å². The first kappa shape index (κ1) is 19.5. The molecule has 0 radical (unpaired) electrons. The molecule has 6 nitrogen and oxygen atoms in total. The largest absolute Gasteiger partial charge is 0.346 e. The molecule has 1 aliphatic heterocycles. The maximum absolute atomic E-state index is 14.1. The first-order valence-electron chi connectivity index (χ1n) is 8.98. The molecule has 1 amide bonds. The molecule has 2 aromatic rings. The van der Waals surface area contributed by atoms with Gasteiger partial charge in [0.25, 0.3) is 0 Å². The van der Waals surface area contributed by atoms with Crippen molar-refractivity contribution in [3.05, 3.63) is 63.0 Å². The third-order valence-corrected chi connectivity index (χ3v) is 5.13. The maximum Gasteiger partial charge on any atom is 0.346 e. The second-order valence-corrected chi connectivity index (χ2v) is 7.53. The van der Waals surface area contributed by atoms with E-state index in [-0.39, 0.29) is 37.0 Å². The molecule has 1 aliphatic rings. The number of halogens is 2. The van der Waals surface area contributed by atoms with Crippen molar-refractivity contribution in [2.45, 2.75) is 45.3 Å². The van der Waals surface area contributed by atoms with Crippen LogP contribution in [0.3, 0.4) is 0 Å². The Labute approximate surface area is 165 Å². The molecule has 3 rings (SSSR count). The van der Waals surface area contributed by atoms with Gasteiger partial charge in [0, 0.05) is 36.1 Å². The predicted octanol–water partition coefficient (Wildman–Crippen LogP) is 2.89. The Balaban J connectivity index is 1.79. The summed E-state index contributed by atoms with van der Waals surface area (Å²) in [7, 11) is 0. The lowest BCUT2D eigenvalue weighted by Gasteiger charge is -2.21. The van der Waals surface area contributed by atoms with E-state index in [1.54, 1.807) is 22.8 Å². The number of rotatable bonds is 6. The fraction of sp³-hybridized carbons (Fsp3) is 0.421. The first-order chi connectivity index (χ1) is 13.0. The molecule has 0 N–H and O–H groups in total. The minimum absolute atomic E-state index is 0.0957. The van der Waals surface area contributed by atoms with E-state index in [1.807, 2.05) is 0 Å². The molecule has 0 unspecified atom stereocenters. The van der Waals surface area contributed by atoms with Crippen molar-refractivity contribution in [2.75, 3.05) is 6.54 Å². The number of carbonyl (C=O) groups is 1. The van der Waals surface area contributed by atoms with Crippen molar-refractivity contribution in [3.63, 3.8) is 0 Å². The summed E-state index contributed by atoms with van der Waals surface area (Å²) in [5, 5.41) is 4.34. The number of hydrogen-bond donors (Lipinski definition) is 0. The van der Waals surface area contributed by atoms with Crippen LogP contribution in [0.2, 0.25) is 0 Å². The minimum atomic E-state index is -0.383. The highest BCUT2D eigenvalue weighted by Gasteiger charge is 2.20. The van der Waals surface area contributed by atoms with Crippen LogP contribution in [-0.2, 0) is 30.8 Å². The number of fused-ring (bicyclic) bond motifs is 1. The highest BCUT2D eigenvalue weighted by Crippen LogP contribution is 2.17. The number of aromatic nitrogens is 3. The van der Waals surface area contributed by atoms with E-state index in [0.29, 0.717) is 12.1 Å². The van der Waals surface area contributed by atoms with Crippen LogP contribution in [0.1, 0.15) is 30.7 Å². The summed E-state index contributed by atoms with van der Waals surface area (Å²) in [6.07, 6.45) is 5.34. The zero-order valence-corrected chi connectivity index (χ0v) is 16.6. The van der Waals surface area contributed by atoms with Crippen LogP contribution < -0.4 is 5.69 Å². The van der Waals surface area contributed by atoms with Crippen LogP contribution in [-0.4, -0.2) is 31.7 Å². The Bertz CT molecular complexity index is 906. The fourth-order valence-corrected chi connectivity index (χ4v) is 3.65. The van der Waals surface area contributed by atoms with Crippen molar-refractivity contribution in [1.29, 1.82) is 0 Å². The number of hydrogen-bond acceptors (Lipinski definition) is 3. The van der Waals surface area contributed by atoms with E-state index in [2.05, 4.69) is 27.6 Å². The number of amides is 1. The number of carbonyl (C=O) groups excluding carboxylic acids is 1. The molecule has 0 aliphatic carbocycles. The Morgan fingerprint density at radius 3 is 2.96 bits per heavy atom. The predicted molar refractivity (Wildman–Crippen MR) is 104 cm³/mol. The van der Waals surface area contributed by atoms with Crippen molar-refractivity contribution >= 4 is 21.8 Å². The quantitative estimate of drug-likeness (QED) is 0.654. The zero-order chi connectivity index (χ0) is 19.4. The minimum Gasteiger partial charge on any atom is -0.333 e. The van der Waals surface area contributed by atoms with Crippen LogP contribution in [0, 0.1) is 5.82 Å². The smallest absolute Gasteiger partial charge is 0.333 e. The van der Waals surface area contributed by atoms with E-state index >= 15 is 0 Å². The molecule has 1 aromatic carbocycles. The monoisotopic (exact) mass is 436 g/mol. The van der Waals surface area contributed by atoms with Crippen molar-refractivity contribution < 1.29 is 9.18 Å². The summed E-state index contributed by atoms with van der Waals surface area (Å²) in [4.78, 5) is 26.8. The lowest BCUT2D eigenvalue weighted by molar-refractivity contribution is -0.132. The molecule has 2 heterocycles. The second kappa shape index (κ2) is 8.65. The summed E-state index contributed by atoms with van der Waals surface area (Å²) < 4.78 is 17.7. The van der Waals surface area contributed by atoms with Gasteiger partial charge >= 0.3 is 5.69 Å². The van der Waals surface area contributed by atoms with Gasteiger partial charge in [0.15, 0.2) is 0 Å². The van der Waals surface area contributed by atoms with E-state index in [0.717, 1.165) is 36.0 Å². The van der Waals surface area contributed by atoms with E-state index in [4.69, 9.17) is 0 Å². The Morgan fingerprint density at radius 1 is 1.37 bits per heavy atom. The van der Waals surface area contributed by atoms with Gasteiger partial charge in [-0.2, -0.15) is 5.10 Å². The summed E-state index contributed by atoms with van der Waals surface area (Å²) in [5.74, 6) is 0.0502.